The first-order valence-electron chi connectivity index (χ1n) is 7.12. The third-order valence-corrected chi connectivity index (χ3v) is 3.62. The molecule has 0 radical (unpaired) electrons. The maximum atomic E-state index is 12.1. The van der Waals surface area contributed by atoms with Crippen LogP contribution in [0, 0.1) is 5.92 Å². The van der Waals surface area contributed by atoms with E-state index in [0.29, 0.717) is 23.7 Å². The second-order valence-electron chi connectivity index (χ2n) is 5.34. The zero-order valence-corrected chi connectivity index (χ0v) is 12.4. The largest absolute Gasteiger partial charge is 0.326 e. The summed E-state index contributed by atoms with van der Waals surface area (Å²) in [5, 5.41) is 9.32. The fourth-order valence-electron chi connectivity index (χ4n) is 2.38. The summed E-state index contributed by atoms with van der Waals surface area (Å²) < 4.78 is 1.56. The molecule has 118 valence electrons. The monoisotopic (exact) mass is 313 g/mol. The molecule has 2 N–H and O–H groups in total. The lowest BCUT2D eigenvalue weighted by Gasteiger charge is -2.21. The van der Waals surface area contributed by atoms with Crippen LogP contribution >= 0.6 is 0 Å². The highest BCUT2D eigenvalue weighted by molar-refractivity contribution is 5.99. The molecule has 1 aromatic carbocycles. The van der Waals surface area contributed by atoms with E-state index >= 15 is 0 Å². The van der Waals surface area contributed by atoms with Crippen molar-refractivity contribution in [2.45, 2.75) is 19.9 Å². The molecule has 0 fully saturated rings. The first kappa shape index (κ1) is 14.9. The third-order valence-electron chi connectivity index (χ3n) is 3.62. The second kappa shape index (κ2) is 5.99. The Morgan fingerprint density at radius 1 is 1.35 bits per heavy atom. The summed E-state index contributed by atoms with van der Waals surface area (Å²) in [6, 6.07) is 6.61. The number of amides is 2. The molecule has 0 unspecified atom stereocenters. The van der Waals surface area contributed by atoms with Crippen molar-refractivity contribution < 1.29 is 14.4 Å². The molecule has 0 aliphatic carbocycles. The van der Waals surface area contributed by atoms with E-state index in [2.05, 4.69) is 20.7 Å². The predicted octanol–water partition coefficient (Wildman–Crippen LogP) is 1.08. The van der Waals surface area contributed by atoms with Gasteiger partial charge in [0.25, 0.3) is 0 Å². The summed E-state index contributed by atoms with van der Waals surface area (Å²) in [5.41, 5.74) is 1.16. The SMILES string of the molecule is CC(=O)c1ccc(NC(=O)C[C@@H]2Cn3ncnc3NC2=O)cc1. The number of benzene rings is 1. The predicted molar refractivity (Wildman–Crippen MR) is 81.8 cm³/mol. The number of rotatable bonds is 4. The van der Waals surface area contributed by atoms with Gasteiger partial charge in [0.15, 0.2) is 5.78 Å². The minimum absolute atomic E-state index is 0.0367. The Labute approximate surface area is 131 Å². The van der Waals surface area contributed by atoms with Gasteiger partial charge in [-0.1, -0.05) is 0 Å². The van der Waals surface area contributed by atoms with Gasteiger partial charge in [-0.05, 0) is 31.2 Å². The van der Waals surface area contributed by atoms with Crippen molar-refractivity contribution in [3.63, 3.8) is 0 Å². The minimum Gasteiger partial charge on any atom is -0.326 e. The van der Waals surface area contributed by atoms with Gasteiger partial charge >= 0.3 is 0 Å². The topological polar surface area (TPSA) is 106 Å². The van der Waals surface area contributed by atoms with Crippen LogP contribution in [0.2, 0.25) is 0 Å². The fourth-order valence-corrected chi connectivity index (χ4v) is 2.38. The first-order chi connectivity index (χ1) is 11.0. The molecule has 2 heterocycles. The van der Waals surface area contributed by atoms with E-state index in [1.54, 1.807) is 28.9 Å². The lowest BCUT2D eigenvalue weighted by molar-refractivity contribution is -0.125. The third kappa shape index (κ3) is 3.25. The number of hydrogen-bond acceptors (Lipinski definition) is 5. The van der Waals surface area contributed by atoms with Crippen LogP contribution in [0.3, 0.4) is 0 Å². The van der Waals surface area contributed by atoms with Gasteiger partial charge in [-0.3, -0.25) is 19.7 Å². The van der Waals surface area contributed by atoms with Gasteiger partial charge in [-0.15, -0.1) is 0 Å². The molecule has 0 spiro atoms. The maximum absolute atomic E-state index is 12.1. The lowest BCUT2D eigenvalue weighted by atomic mass is 10.0. The number of fused-ring (bicyclic) bond motifs is 1. The molecule has 8 heteroatoms. The van der Waals surface area contributed by atoms with Gasteiger partial charge in [0, 0.05) is 17.7 Å². The molecule has 1 aromatic heterocycles. The smallest absolute Gasteiger partial charge is 0.232 e. The standard InChI is InChI=1S/C15H15N5O3/c1-9(21)10-2-4-12(5-3-10)18-13(22)6-11-7-20-15(16-8-17-20)19-14(11)23/h2-5,8,11H,6-7H2,1H3,(H,18,22)(H,16,17,19,23)/t11-/m1/s1. The number of carbonyl (C=O) groups is 3. The molecule has 1 aliphatic heterocycles. The van der Waals surface area contributed by atoms with Crippen LogP contribution < -0.4 is 10.6 Å². The van der Waals surface area contributed by atoms with Crippen LogP contribution in [-0.4, -0.2) is 32.4 Å². The highest BCUT2D eigenvalue weighted by Crippen LogP contribution is 2.19. The van der Waals surface area contributed by atoms with Gasteiger partial charge < -0.3 is 5.32 Å². The van der Waals surface area contributed by atoms with Crippen molar-refractivity contribution >= 4 is 29.2 Å². The highest BCUT2D eigenvalue weighted by atomic mass is 16.2. The number of nitrogens with one attached hydrogen (secondary N) is 2. The molecular formula is C15H15N5O3. The average molecular weight is 313 g/mol. The number of anilines is 2. The van der Waals surface area contributed by atoms with E-state index in [4.69, 9.17) is 0 Å². The quantitative estimate of drug-likeness (QED) is 0.822. The van der Waals surface area contributed by atoms with Crippen molar-refractivity contribution in [3.05, 3.63) is 36.2 Å². The fraction of sp³-hybridized carbons (Fsp3) is 0.267. The number of hydrogen-bond donors (Lipinski definition) is 2. The van der Waals surface area contributed by atoms with Crippen LogP contribution in [0.25, 0.3) is 0 Å². The number of ketones is 1. The zero-order valence-electron chi connectivity index (χ0n) is 12.4. The van der Waals surface area contributed by atoms with E-state index in [1.807, 2.05) is 0 Å². The van der Waals surface area contributed by atoms with E-state index in [-0.39, 0.29) is 24.0 Å². The summed E-state index contributed by atoms with van der Waals surface area (Å²) in [6.07, 6.45) is 1.40. The molecule has 0 saturated heterocycles. The van der Waals surface area contributed by atoms with E-state index in [1.165, 1.54) is 13.3 Å². The van der Waals surface area contributed by atoms with E-state index in [0.717, 1.165) is 0 Å². The van der Waals surface area contributed by atoms with Crippen LogP contribution in [-0.2, 0) is 16.1 Å². The molecule has 3 rings (SSSR count). The summed E-state index contributed by atoms with van der Waals surface area (Å²) >= 11 is 0. The molecule has 0 saturated carbocycles. The van der Waals surface area contributed by atoms with Crippen LogP contribution in [0.4, 0.5) is 11.6 Å². The first-order valence-corrected chi connectivity index (χ1v) is 7.12. The summed E-state index contributed by atoms with van der Waals surface area (Å²) in [4.78, 5) is 39.2. The molecule has 0 bridgehead atoms. The Balaban J connectivity index is 1.61. The van der Waals surface area contributed by atoms with Crippen LogP contribution in [0.1, 0.15) is 23.7 Å². The molecule has 23 heavy (non-hydrogen) atoms. The normalized spacial score (nSPS) is 16.4. The summed E-state index contributed by atoms with van der Waals surface area (Å²) in [6.45, 7) is 1.80. The van der Waals surface area contributed by atoms with Gasteiger partial charge in [0.1, 0.15) is 6.33 Å². The Kier molecular flexibility index (Phi) is 3.88. The summed E-state index contributed by atoms with van der Waals surface area (Å²) in [7, 11) is 0. The molecule has 2 aromatic rings. The zero-order chi connectivity index (χ0) is 16.4. The molecule has 8 nitrogen and oxygen atoms in total. The number of Topliss-reactive ketones (excluding diaryl/α,β-unsaturated/α-hetero) is 1. The van der Waals surface area contributed by atoms with Gasteiger partial charge in [-0.2, -0.15) is 10.1 Å². The molecular weight excluding hydrogens is 298 g/mol. The van der Waals surface area contributed by atoms with Crippen LogP contribution in [0.5, 0.6) is 0 Å². The number of aromatic nitrogens is 3. The maximum Gasteiger partial charge on any atom is 0.232 e. The minimum atomic E-state index is -0.499. The van der Waals surface area contributed by atoms with Crippen molar-refractivity contribution in [3.8, 4) is 0 Å². The average Bonchev–Trinajstić information content (AvgIpc) is 2.95. The van der Waals surface area contributed by atoms with Crippen molar-refractivity contribution in [1.82, 2.24) is 14.8 Å². The van der Waals surface area contributed by atoms with E-state index in [9.17, 15) is 14.4 Å². The van der Waals surface area contributed by atoms with Crippen molar-refractivity contribution in [2.24, 2.45) is 5.92 Å². The van der Waals surface area contributed by atoms with Gasteiger partial charge in [0.05, 0.1) is 12.5 Å². The van der Waals surface area contributed by atoms with Gasteiger partial charge in [-0.25, -0.2) is 4.68 Å². The number of nitrogens with zero attached hydrogens (tertiary/aromatic N) is 3. The van der Waals surface area contributed by atoms with Crippen LogP contribution in [0.15, 0.2) is 30.6 Å². The highest BCUT2D eigenvalue weighted by Gasteiger charge is 2.29. The lowest BCUT2D eigenvalue weighted by Crippen LogP contribution is -2.36. The van der Waals surface area contributed by atoms with Gasteiger partial charge in [0.2, 0.25) is 17.8 Å². The van der Waals surface area contributed by atoms with E-state index < -0.39 is 5.92 Å². The van der Waals surface area contributed by atoms with Crippen molar-refractivity contribution in [2.75, 3.05) is 10.6 Å². The Morgan fingerprint density at radius 3 is 2.78 bits per heavy atom. The Morgan fingerprint density at radius 2 is 2.09 bits per heavy atom. The Bertz CT molecular complexity index is 766. The molecule has 1 aliphatic rings. The molecule has 2 amide bonds. The second-order valence-corrected chi connectivity index (χ2v) is 5.34. The Hall–Kier alpha value is -3.03. The molecule has 1 atom stereocenters. The summed E-state index contributed by atoms with van der Waals surface area (Å²) in [5.74, 6) is -0.658. The number of carbonyl (C=O) groups excluding carboxylic acids is 3. The van der Waals surface area contributed by atoms with Crippen molar-refractivity contribution in [1.29, 1.82) is 0 Å².